The molecule has 1 aromatic carbocycles. The number of imidazole rings is 1. The molecule has 3 heteroatoms. The van der Waals surface area contributed by atoms with Crippen LogP contribution in [0.4, 0.5) is 5.69 Å². The average Bonchev–Trinajstić information content (AvgIpc) is 2.69. The standard InChI is InChI=1S/C13H17N3/c1-10(2)13-15-7-8-16(13)9-11-3-5-12(14)6-4-11/h3-8,10H,9,14H2,1-2H3. The van der Waals surface area contributed by atoms with Crippen molar-refractivity contribution in [2.45, 2.75) is 26.3 Å². The van der Waals surface area contributed by atoms with Gasteiger partial charge in [-0.15, -0.1) is 0 Å². The number of hydrogen-bond donors (Lipinski definition) is 1. The van der Waals surface area contributed by atoms with Crippen LogP contribution >= 0.6 is 0 Å². The first kappa shape index (κ1) is 10.7. The Morgan fingerprint density at radius 1 is 1.25 bits per heavy atom. The highest BCUT2D eigenvalue weighted by Crippen LogP contribution is 2.14. The van der Waals surface area contributed by atoms with Gasteiger partial charge < -0.3 is 10.3 Å². The minimum absolute atomic E-state index is 0.448. The zero-order valence-electron chi connectivity index (χ0n) is 9.72. The van der Waals surface area contributed by atoms with Crippen molar-refractivity contribution in [1.29, 1.82) is 0 Å². The van der Waals surface area contributed by atoms with E-state index in [0.717, 1.165) is 18.1 Å². The van der Waals surface area contributed by atoms with E-state index in [-0.39, 0.29) is 0 Å². The molecule has 0 unspecified atom stereocenters. The molecule has 16 heavy (non-hydrogen) atoms. The third kappa shape index (κ3) is 2.24. The zero-order valence-corrected chi connectivity index (χ0v) is 9.72. The van der Waals surface area contributed by atoms with Gasteiger partial charge in [-0.2, -0.15) is 0 Å². The monoisotopic (exact) mass is 215 g/mol. The minimum atomic E-state index is 0.448. The van der Waals surface area contributed by atoms with Gasteiger partial charge in [0, 0.05) is 30.5 Å². The minimum Gasteiger partial charge on any atom is -0.399 e. The van der Waals surface area contributed by atoms with Crippen molar-refractivity contribution in [2.24, 2.45) is 0 Å². The van der Waals surface area contributed by atoms with Crippen LogP contribution in [0.25, 0.3) is 0 Å². The van der Waals surface area contributed by atoms with Crippen molar-refractivity contribution in [1.82, 2.24) is 9.55 Å². The number of nitrogens with two attached hydrogens (primary N) is 1. The van der Waals surface area contributed by atoms with Gasteiger partial charge in [-0.3, -0.25) is 0 Å². The van der Waals surface area contributed by atoms with Crippen LogP contribution in [0.3, 0.4) is 0 Å². The SMILES string of the molecule is CC(C)c1nccn1Cc1ccc(N)cc1. The second kappa shape index (κ2) is 4.39. The molecule has 84 valence electrons. The second-order valence-corrected chi connectivity index (χ2v) is 4.31. The van der Waals surface area contributed by atoms with Gasteiger partial charge in [-0.05, 0) is 17.7 Å². The van der Waals surface area contributed by atoms with Crippen LogP contribution in [0, 0.1) is 0 Å². The molecule has 0 aliphatic rings. The third-order valence-electron chi connectivity index (χ3n) is 2.60. The summed E-state index contributed by atoms with van der Waals surface area (Å²) in [5.74, 6) is 1.57. The Kier molecular flexibility index (Phi) is 2.95. The predicted molar refractivity (Wildman–Crippen MR) is 66.3 cm³/mol. The molecule has 1 aromatic heterocycles. The number of nitrogen functional groups attached to an aromatic ring is 1. The van der Waals surface area contributed by atoms with E-state index in [1.165, 1.54) is 5.56 Å². The van der Waals surface area contributed by atoms with Crippen molar-refractivity contribution in [3.63, 3.8) is 0 Å². The molecule has 1 heterocycles. The summed E-state index contributed by atoms with van der Waals surface area (Å²) >= 11 is 0. The number of rotatable bonds is 3. The van der Waals surface area contributed by atoms with Crippen molar-refractivity contribution in [2.75, 3.05) is 5.73 Å². The molecular weight excluding hydrogens is 198 g/mol. The zero-order chi connectivity index (χ0) is 11.5. The predicted octanol–water partition coefficient (Wildman–Crippen LogP) is 2.64. The average molecular weight is 215 g/mol. The molecule has 0 fully saturated rings. The van der Waals surface area contributed by atoms with E-state index in [4.69, 9.17) is 5.73 Å². The highest BCUT2D eigenvalue weighted by molar-refractivity contribution is 5.39. The van der Waals surface area contributed by atoms with Crippen LogP contribution in [0.15, 0.2) is 36.7 Å². The molecule has 0 aliphatic carbocycles. The van der Waals surface area contributed by atoms with Gasteiger partial charge in [0.1, 0.15) is 5.82 Å². The number of aromatic nitrogens is 2. The molecule has 0 amide bonds. The molecular formula is C13H17N3. The molecule has 2 rings (SSSR count). The first-order valence-electron chi connectivity index (χ1n) is 5.52. The molecule has 2 aromatic rings. The van der Waals surface area contributed by atoms with Gasteiger partial charge in [0.25, 0.3) is 0 Å². The third-order valence-corrected chi connectivity index (χ3v) is 2.60. The quantitative estimate of drug-likeness (QED) is 0.800. The second-order valence-electron chi connectivity index (χ2n) is 4.31. The maximum absolute atomic E-state index is 5.66. The normalized spacial score (nSPS) is 10.9. The smallest absolute Gasteiger partial charge is 0.111 e. The van der Waals surface area contributed by atoms with E-state index < -0.39 is 0 Å². The van der Waals surface area contributed by atoms with E-state index in [1.807, 2.05) is 24.5 Å². The Balaban J connectivity index is 2.20. The van der Waals surface area contributed by atoms with Crippen molar-refractivity contribution < 1.29 is 0 Å². The highest BCUT2D eigenvalue weighted by atomic mass is 15.1. The first-order chi connectivity index (χ1) is 7.66. The van der Waals surface area contributed by atoms with Gasteiger partial charge in [0.2, 0.25) is 0 Å². The van der Waals surface area contributed by atoms with Crippen molar-refractivity contribution >= 4 is 5.69 Å². The Morgan fingerprint density at radius 2 is 1.94 bits per heavy atom. The number of hydrogen-bond acceptors (Lipinski definition) is 2. The summed E-state index contributed by atoms with van der Waals surface area (Å²) in [6, 6.07) is 7.97. The van der Waals surface area contributed by atoms with Crippen LogP contribution in [0.2, 0.25) is 0 Å². The number of nitrogens with zero attached hydrogens (tertiary/aromatic N) is 2. The van der Waals surface area contributed by atoms with Crippen LogP contribution in [0.1, 0.15) is 31.2 Å². The van der Waals surface area contributed by atoms with E-state index in [9.17, 15) is 0 Å². The maximum Gasteiger partial charge on any atom is 0.111 e. The van der Waals surface area contributed by atoms with Gasteiger partial charge in [-0.25, -0.2) is 4.98 Å². The van der Waals surface area contributed by atoms with E-state index in [2.05, 4.69) is 35.5 Å². The van der Waals surface area contributed by atoms with E-state index in [1.54, 1.807) is 0 Å². The van der Waals surface area contributed by atoms with Crippen molar-refractivity contribution in [3.8, 4) is 0 Å². The Bertz CT molecular complexity index is 454. The number of anilines is 1. The van der Waals surface area contributed by atoms with Crippen LogP contribution in [-0.2, 0) is 6.54 Å². The summed E-state index contributed by atoms with van der Waals surface area (Å²) in [5.41, 5.74) is 7.71. The molecule has 0 radical (unpaired) electrons. The largest absolute Gasteiger partial charge is 0.399 e. The lowest BCUT2D eigenvalue weighted by atomic mass is 10.2. The van der Waals surface area contributed by atoms with E-state index in [0.29, 0.717) is 5.92 Å². The van der Waals surface area contributed by atoms with Gasteiger partial charge in [-0.1, -0.05) is 26.0 Å². The maximum atomic E-state index is 5.66. The summed E-state index contributed by atoms with van der Waals surface area (Å²) in [5, 5.41) is 0. The van der Waals surface area contributed by atoms with Gasteiger partial charge in [0.15, 0.2) is 0 Å². The topological polar surface area (TPSA) is 43.8 Å². The summed E-state index contributed by atoms with van der Waals surface area (Å²) < 4.78 is 2.18. The molecule has 0 saturated heterocycles. The Labute approximate surface area is 95.9 Å². The first-order valence-corrected chi connectivity index (χ1v) is 5.52. The summed E-state index contributed by atoms with van der Waals surface area (Å²) in [4.78, 5) is 4.37. The summed E-state index contributed by atoms with van der Waals surface area (Å²) in [6.45, 7) is 5.16. The van der Waals surface area contributed by atoms with Crippen LogP contribution < -0.4 is 5.73 Å². The Hall–Kier alpha value is -1.77. The lowest BCUT2D eigenvalue weighted by Crippen LogP contribution is -2.05. The molecule has 0 bridgehead atoms. The van der Waals surface area contributed by atoms with Crippen LogP contribution in [-0.4, -0.2) is 9.55 Å². The lowest BCUT2D eigenvalue weighted by Gasteiger charge is -2.10. The molecule has 3 nitrogen and oxygen atoms in total. The van der Waals surface area contributed by atoms with Crippen molar-refractivity contribution in [3.05, 3.63) is 48.0 Å². The van der Waals surface area contributed by atoms with E-state index >= 15 is 0 Å². The Morgan fingerprint density at radius 3 is 2.56 bits per heavy atom. The highest BCUT2D eigenvalue weighted by Gasteiger charge is 2.06. The molecule has 0 spiro atoms. The van der Waals surface area contributed by atoms with Crippen LogP contribution in [0.5, 0.6) is 0 Å². The number of benzene rings is 1. The fourth-order valence-corrected chi connectivity index (χ4v) is 1.77. The van der Waals surface area contributed by atoms with Gasteiger partial charge in [0.05, 0.1) is 0 Å². The fraction of sp³-hybridized carbons (Fsp3) is 0.308. The molecule has 0 atom stereocenters. The molecule has 2 N–H and O–H groups in total. The molecule has 0 saturated carbocycles. The summed E-state index contributed by atoms with van der Waals surface area (Å²) in [7, 11) is 0. The van der Waals surface area contributed by atoms with Gasteiger partial charge >= 0.3 is 0 Å². The lowest BCUT2D eigenvalue weighted by molar-refractivity contribution is 0.670. The molecule has 0 aliphatic heterocycles. The fourth-order valence-electron chi connectivity index (χ4n) is 1.77. The summed E-state index contributed by atoms with van der Waals surface area (Å²) in [6.07, 6.45) is 3.87.